The molecule has 0 amide bonds. The minimum Gasteiger partial charge on any atom is -0.496 e. The zero-order valence-corrected chi connectivity index (χ0v) is 12.8. The van der Waals surface area contributed by atoms with Gasteiger partial charge >= 0.3 is 0 Å². The molecule has 4 heteroatoms. The van der Waals surface area contributed by atoms with E-state index in [0.29, 0.717) is 28.4 Å². The lowest BCUT2D eigenvalue weighted by atomic mass is 10.1. The van der Waals surface area contributed by atoms with Crippen molar-refractivity contribution in [3.8, 4) is 17.2 Å². The van der Waals surface area contributed by atoms with E-state index >= 15 is 0 Å². The molecule has 22 heavy (non-hydrogen) atoms. The van der Waals surface area contributed by atoms with E-state index in [1.165, 1.54) is 6.08 Å². The first-order valence-corrected chi connectivity index (χ1v) is 6.77. The first-order valence-electron chi connectivity index (χ1n) is 6.77. The summed E-state index contributed by atoms with van der Waals surface area (Å²) in [7, 11) is 4.69. The van der Waals surface area contributed by atoms with Crippen LogP contribution < -0.4 is 14.2 Å². The fraction of sp³-hybridized carbons (Fsp3) is 0.167. The maximum Gasteiger partial charge on any atom is 0.185 e. The monoisotopic (exact) mass is 298 g/mol. The third kappa shape index (κ3) is 3.47. The molecule has 0 atom stereocenters. The Hall–Kier alpha value is -2.75. The van der Waals surface area contributed by atoms with Crippen molar-refractivity contribution >= 4 is 11.9 Å². The number of rotatable bonds is 6. The highest BCUT2D eigenvalue weighted by Crippen LogP contribution is 2.35. The molecule has 4 nitrogen and oxygen atoms in total. The highest BCUT2D eigenvalue weighted by atomic mass is 16.5. The maximum absolute atomic E-state index is 12.1. The number of carbonyl (C=O) groups excluding carboxylic acids is 1. The molecular weight excluding hydrogens is 280 g/mol. The van der Waals surface area contributed by atoms with Crippen LogP contribution in [0.1, 0.15) is 15.9 Å². The van der Waals surface area contributed by atoms with Crippen LogP contribution in [-0.2, 0) is 0 Å². The van der Waals surface area contributed by atoms with E-state index in [4.69, 9.17) is 14.2 Å². The minimum absolute atomic E-state index is 0.0828. The van der Waals surface area contributed by atoms with Gasteiger partial charge < -0.3 is 14.2 Å². The van der Waals surface area contributed by atoms with Crippen LogP contribution in [0.15, 0.2) is 48.5 Å². The van der Waals surface area contributed by atoms with E-state index in [0.717, 1.165) is 0 Å². The van der Waals surface area contributed by atoms with Crippen molar-refractivity contribution in [2.45, 2.75) is 0 Å². The summed E-state index contributed by atoms with van der Waals surface area (Å²) in [6.07, 6.45) is 3.19. The van der Waals surface area contributed by atoms with Crippen LogP contribution in [0.5, 0.6) is 17.2 Å². The number of hydrogen-bond donors (Lipinski definition) is 0. The molecule has 0 radical (unpaired) electrons. The molecule has 0 heterocycles. The first kappa shape index (κ1) is 15.6. The maximum atomic E-state index is 12.1. The molecule has 0 aliphatic carbocycles. The zero-order valence-electron chi connectivity index (χ0n) is 12.8. The Balaban J connectivity index is 2.36. The Labute approximate surface area is 129 Å². The second-order valence-electron chi connectivity index (χ2n) is 4.51. The van der Waals surface area contributed by atoms with Gasteiger partial charge in [0.15, 0.2) is 5.78 Å². The number of ether oxygens (including phenoxy) is 3. The molecule has 2 aromatic carbocycles. The van der Waals surface area contributed by atoms with Gasteiger partial charge in [0, 0.05) is 17.7 Å². The van der Waals surface area contributed by atoms with Crippen molar-refractivity contribution in [2.24, 2.45) is 0 Å². The van der Waals surface area contributed by atoms with Crippen molar-refractivity contribution in [3.63, 3.8) is 0 Å². The van der Waals surface area contributed by atoms with Gasteiger partial charge in [0.25, 0.3) is 0 Å². The number of benzene rings is 2. The van der Waals surface area contributed by atoms with Gasteiger partial charge in [0.2, 0.25) is 0 Å². The zero-order chi connectivity index (χ0) is 15.9. The van der Waals surface area contributed by atoms with Crippen molar-refractivity contribution in [1.29, 1.82) is 0 Å². The summed E-state index contributed by atoms with van der Waals surface area (Å²) in [6.45, 7) is 0. The SMILES string of the molecule is COc1cc(OC)c(/C=C/C(=O)c2ccccc2)c(OC)c1. The molecule has 114 valence electrons. The van der Waals surface area contributed by atoms with Crippen molar-refractivity contribution in [3.05, 3.63) is 59.7 Å². The number of allylic oxidation sites excluding steroid dienone is 1. The van der Waals surface area contributed by atoms with Crippen LogP contribution in [0.3, 0.4) is 0 Å². The van der Waals surface area contributed by atoms with Gasteiger partial charge in [0.05, 0.1) is 26.9 Å². The predicted molar refractivity (Wildman–Crippen MR) is 85.9 cm³/mol. The smallest absolute Gasteiger partial charge is 0.185 e. The van der Waals surface area contributed by atoms with E-state index in [9.17, 15) is 4.79 Å². The second-order valence-corrected chi connectivity index (χ2v) is 4.51. The largest absolute Gasteiger partial charge is 0.496 e. The van der Waals surface area contributed by atoms with Crippen LogP contribution in [0.2, 0.25) is 0 Å². The van der Waals surface area contributed by atoms with Crippen LogP contribution in [0.4, 0.5) is 0 Å². The normalized spacial score (nSPS) is 10.5. The first-order chi connectivity index (χ1) is 10.7. The van der Waals surface area contributed by atoms with E-state index in [1.807, 2.05) is 18.2 Å². The molecule has 0 unspecified atom stereocenters. The van der Waals surface area contributed by atoms with Crippen molar-refractivity contribution in [1.82, 2.24) is 0 Å². The summed E-state index contributed by atoms with van der Waals surface area (Å²) in [4.78, 5) is 12.1. The van der Waals surface area contributed by atoms with Gasteiger partial charge in [-0.25, -0.2) is 0 Å². The molecule has 0 fully saturated rings. The summed E-state index contributed by atoms with van der Waals surface area (Å²) in [6, 6.07) is 12.6. The van der Waals surface area contributed by atoms with E-state index < -0.39 is 0 Å². The van der Waals surface area contributed by atoms with E-state index in [1.54, 1.807) is 51.7 Å². The Morgan fingerprint density at radius 1 is 0.909 bits per heavy atom. The van der Waals surface area contributed by atoms with Gasteiger partial charge in [-0.3, -0.25) is 4.79 Å². The Bertz CT molecular complexity index is 650. The number of methoxy groups -OCH3 is 3. The predicted octanol–water partition coefficient (Wildman–Crippen LogP) is 3.61. The molecule has 0 N–H and O–H groups in total. The Kier molecular flexibility index (Phi) is 5.20. The fourth-order valence-corrected chi connectivity index (χ4v) is 2.05. The van der Waals surface area contributed by atoms with Crippen molar-refractivity contribution in [2.75, 3.05) is 21.3 Å². The molecule has 0 saturated heterocycles. The third-order valence-electron chi connectivity index (χ3n) is 3.21. The molecule has 2 aromatic rings. The molecule has 0 aromatic heterocycles. The highest BCUT2D eigenvalue weighted by molar-refractivity contribution is 6.07. The Morgan fingerprint density at radius 2 is 1.50 bits per heavy atom. The number of ketones is 1. The summed E-state index contributed by atoms with van der Waals surface area (Å²) in [5.41, 5.74) is 1.32. The topological polar surface area (TPSA) is 44.8 Å². The van der Waals surface area contributed by atoms with Crippen LogP contribution in [0, 0.1) is 0 Å². The lowest BCUT2D eigenvalue weighted by Gasteiger charge is -2.12. The molecule has 0 bridgehead atoms. The fourth-order valence-electron chi connectivity index (χ4n) is 2.05. The number of carbonyl (C=O) groups is 1. The third-order valence-corrected chi connectivity index (χ3v) is 3.21. The van der Waals surface area contributed by atoms with Crippen LogP contribution in [0.25, 0.3) is 6.08 Å². The van der Waals surface area contributed by atoms with Crippen molar-refractivity contribution < 1.29 is 19.0 Å². The molecular formula is C18H18O4. The van der Waals surface area contributed by atoms with Crippen LogP contribution >= 0.6 is 0 Å². The van der Waals surface area contributed by atoms with Gasteiger partial charge in [-0.2, -0.15) is 0 Å². The van der Waals surface area contributed by atoms with E-state index in [-0.39, 0.29) is 5.78 Å². The quantitative estimate of drug-likeness (QED) is 0.603. The molecule has 0 spiro atoms. The number of hydrogen-bond acceptors (Lipinski definition) is 4. The molecule has 0 aliphatic heterocycles. The second kappa shape index (κ2) is 7.31. The van der Waals surface area contributed by atoms with Gasteiger partial charge in [-0.15, -0.1) is 0 Å². The summed E-state index contributed by atoms with van der Waals surface area (Å²) in [5.74, 6) is 1.70. The van der Waals surface area contributed by atoms with Crippen LogP contribution in [-0.4, -0.2) is 27.1 Å². The average Bonchev–Trinajstić information content (AvgIpc) is 2.59. The van der Waals surface area contributed by atoms with Gasteiger partial charge in [0.1, 0.15) is 17.2 Å². The van der Waals surface area contributed by atoms with E-state index in [2.05, 4.69) is 0 Å². The highest BCUT2D eigenvalue weighted by Gasteiger charge is 2.11. The molecule has 0 aliphatic rings. The summed E-state index contributed by atoms with van der Waals surface area (Å²) < 4.78 is 15.9. The lowest BCUT2D eigenvalue weighted by molar-refractivity contribution is 0.104. The average molecular weight is 298 g/mol. The Morgan fingerprint density at radius 3 is 2.00 bits per heavy atom. The van der Waals surface area contributed by atoms with Gasteiger partial charge in [-0.05, 0) is 12.2 Å². The van der Waals surface area contributed by atoms with Gasteiger partial charge in [-0.1, -0.05) is 30.3 Å². The minimum atomic E-state index is -0.0828. The molecule has 0 saturated carbocycles. The lowest BCUT2D eigenvalue weighted by Crippen LogP contribution is -1.96. The molecule has 2 rings (SSSR count). The summed E-state index contributed by atoms with van der Waals surface area (Å²) >= 11 is 0. The standard InChI is InChI=1S/C18H18O4/c1-20-14-11-17(21-2)15(18(12-14)22-3)9-10-16(19)13-7-5-4-6-8-13/h4-12H,1-3H3/b10-9+. The summed E-state index contributed by atoms with van der Waals surface area (Å²) in [5, 5.41) is 0.